The molecule has 2 unspecified atom stereocenters. The Morgan fingerprint density at radius 1 is 1.05 bits per heavy atom. The van der Waals surface area contributed by atoms with Crippen LogP contribution in [0, 0.1) is 0 Å². The van der Waals surface area contributed by atoms with E-state index in [4.69, 9.17) is 9.84 Å². The smallest absolute Gasteiger partial charge is 0.329 e. The molecule has 0 rings (SSSR count). The van der Waals surface area contributed by atoms with Crippen molar-refractivity contribution in [1.82, 2.24) is 0 Å². The van der Waals surface area contributed by atoms with Gasteiger partial charge >= 0.3 is 5.97 Å². The maximum absolute atomic E-state index is 10.3. The number of ether oxygens (including phenoxy) is 1. The van der Waals surface area contributed by atoms with Crippen molar-refractivity contribution in [1.29, 1.82) is 0 Å². The lowest BCUT2D eigenvalue weighted by molar-refractivity contribution is -0.142. The zero-order valence-corrected chi connectivity index (χ0v) is 15.1. The number of hydrogen-bond donors (Lipinski definition) is 2. The van der Waals surface area contributed by atoms with E-state index in [1.54, 1.807) is 0 Å². The van der Waals surface area contributed by atoms with Gasteiger partial charge < -0.3 is 14.9 Å². The predicted molar refractivity (Wildman–Crippen MR) is 93.6 cm³/mol. The number of aliphatic hydroxyl groups excluding tert-OH is 1. The van der Waals surface area contributed by atoms with Gasteiger partial charge in [0.25, 0.3) is 0 Å². The molecule has 0 aliphatic rings. The summed E-state index contributed by atoms with van der Waals surface area (Å²) in [6.07, 6.45) is 12.8. The van der Waals surface area contributed by atoms with Crippen molar-refractivity contribution in [3.05, 3.63) is 0 Å². The van der Waals surface area contributed by atoms with Crippen molar-refractivity contribution < 1.29 is 19.7 Å². The molecule has 0 aromatic carbocycles. The minimum atomic E-state index is -0.903. The Bertz CT molecular complexity index is 261. The van der Waals surface area contributed by atoms with E-state index in [1.807, 2.05) is 11.8 Å². The third-order valence-electron chi connectivity index (χ3n) is 3.83. The number of carbonyl (C=O) groups is 1. The normalized spacial score (nSPS) is 14.0. The van der Waals surface area contributed by atoms with Crippen LogP contribution in [0.1, 0.15) is 71.1 Å². The first-order chi connectivity index (χ1) is 10.6. The summed E-state index contributed by atoms with van der Waals surface area (Å²) in [4.78, 5) is 10.3. The van der Waals surface area contributed by atoms with Gasteiger partial charge in [-0.1, -0.05) is 32.6 Å². The van der Waals surface area contributed by atoms with Crippen LogP contribution in [-0.4, -0.2) is 47.0 Å². The zero-order chi connectivity index (χ0) is 16.6. The molecule has 0 fully saturated rings. The van der Waals surface area contributed by atoms with Crippen LogP contribution in [0.25, 0.3) is 0 Å². The summed E-state index contributed by atoms with van der Waals surface area (Å²) in [6.45, 7) is 2.52. The Labute approximate surface area is 140 Å². The average molecular weight is 335 g/mol. The van der Waals surface area contributed by atoms with E-state index in [9.17, 15) is 9.90 Å². The molecule has 0 amide bonds. The summed E-state index contributed by atoms with van der Waals surface area (Å²) in [6, 6.07) is 0. The van der Waals surface area contributed by atoms with Crippen LogP contribution in [0.4, 0.5) is 0 Å². The van der Waals surface area contributed by atoms with Gasteiger partial charge in [-0.25, -0.2) is 4.79 Å². The highest BCUT2D eigenvalue weighted by molar-refractivity contribution is 7.99. The predicted octanol–water partition coefficient (Wildman–Crippen LogP) is 4.10. The van der Waals surface area contributed by atoms with Crippen LogP contribution in [0.3, 0.4) is 0 Å². The lowest BCUT2D eigenvalue weighted by atomic mass is 10.0. The van der Waals surface area contributed by atoms with E-state index in [0.29, 0.717) is 11.9 Å². The molecule has 5 heteroatoms. The average Bonchev–Trinajstić information content (AvgIpc) is 2.48. The standard InChI is InChI=1S/C17H34O4S/c1-3-4-5-9-15(18)10-8-12-16(22-2)11-6-7-13-21-14-17(19)20/h15-16,18H,3-14H2,1-2H3,(H,19,20). The molecule has 22 heavy (non-hydrogen) atoms. The van der Waals surface area contributed by atoms with E-state index in [1.165, 1.54) is 12.8 Å². The first kappa shape index (κ1) is 21.7. The number of hydrogen-bond acceptors (Lipinski definition) is 4. The molecule has 0 aliphatic carbocycles. The first-order valence-corrected chi connectivity index (χ1v) is 9.89. The van der Waals surface area contributed by atoms with Gasteiger partial charge in [-0.15, -0.1) is 0 Å². The molecular weight excluding hydrogens is 300 g/mol. The van der Waals surface area contributed by atoms with Crippen LogP contribution in [-0.2, 0) is 9.53 Å². The highest BCUT2D eigenvalue weighted by Gasteiger charge is 2.09. The Hall–Kier alpha value is -0.260. The third-order valence-corrected chi connectivity index (χ3v) is 4.97. The molecule has 0 aliphatic heterocycles. The van der Waals surface area contributed by atoms with E-state index in [2.05, 4.69) is 13.2 Å². The van der Waals surface area contributed by atoms with Gasteiger partial charge in [0.15, 0.2) is 0 Å². The Morgan fingerprint density at radius 3 is 2.32 bits per heavy atom. The third kappa shape index (κ3) is 14.7. The molecule has 0 aromatic rings. The SMILES string of the molecule is CCCCCC(O)CCCC(CCCCOCC(=O)O)SC. The van der Waals surface area contributed by atoms with Gasteiger partial charge in [0.2, 0.25) is 0 Å². The summed E-state index contributed by atoms with van der Waals surface area (Å²) < 4.78 is 5.03. The maximum atomic E-state index is 10.3. The van der Waals surface area contributed by atoms with Crippen LogP contribution in [0.2, 0.25) is 0 Å². The van der Waals surface area contributed by atoms with Crippen LogP contribution in [0.15, 0.2) is 0 Å². The van der Waals surface area contributed by atoms with Crippen molar-refractivity contribution >= 4 is 17.7 Å². The van der Waals surface area contributed by atoms with Gasteiger partial charge in [0, 0.05) is 11.9 Å². The van der Waals surface area contributed by atoms with E-state index in [0.717, 1.165) is 51.4 Å². The quantitative estimate of drug-likeness (QED) is 0.416. The number of unbranched alkanes of at least 4 members (excludes halogenated alkanes) is 3. The number of rotatable bonds is 16. The Kier molecular flexibility index (Phi) is 15.4. The second-order valence-corrected chi connectivity index (χ2v) is 7.02. The summed E-state index contributed by atoms with van der Waals surface area (Å²) in [5, 5.41) is 19.0. The zero-order valence-electron chi connectivity index (χ0n) is 14.3. The molecule has 2 atom stereocenters. The summed E-state index contributed by atoms with van der Waals surface area (Å²) in [5.41, 5.74) is 0. The minimum Gasteiger partial charge on any atom is -0.480 e. The van der Waals surface area contributed by atoms with Crippen LogP contribution < -0.4 is 0 Å². The summed E-state index contributed by atoms with van der Waals surface area (Å²) in [5.74, 6) is -0.903. The maximum Gasteiger partial charge on any atom is 0.329 e. The summed E-state index contributed by atoms with van der Waals surface area (Å²) >= 11 is 1.90. The highest BCUT2D eigenvalue weighted by Crippen LogP contribution is 2.21. The van der Waals surface area contributed by atoms with E-state index >= 15 is 0 Å². The fourth-order valence-corrected chi connectivity index (χ4v) is 3.28. The van der Waals surface area contributed by atoms with E-state index in [-0.39, 0.29) is 12.7 Å². The number of carboxylic acids is 1. The number of carboxylic acid groups (broad SMARTS) is 1. The fourth-order valence-electron chi connectivity index (χ4n) is 2.47. The van der Waals surface area contributed by atoms with Gasteiger partial charge in [-0.2, -0.15) is 11.8 Å². The molecule has 0 saturated carbocycles. The van der Waals surface area contributed by atoms with Gasteiger partial charge in [-0.05, 0) is 44.8 Å². The molecule has 0 heterocycles. The van der Waals surface area contributed by atoms with Crippen molar-refractivity contribution in [3.8, 4) is 0 Å². The molecule has 0 bridgehead atoms. The topological polar surface area (TPSA) is 66.8 Å². The second-order valence-electron chi connectivity index (χ2n) is 5.88. The molecule has 132 valence electrons. The largest absolute Gasteiger partial charge is 0.480 e. The number of thioether (sulfide) groups is 1. The minimum absolute atomic E-state index is 0.126. The lowest BCUT2D eigenvalue weighted by Gasteiger charge is -2.16. The molecule has 2 N–H and O–H groups in total. The van der Waals surface area contributed by atoms with Crippen molar-refractivity contribution in [2.75, 3.05) is 19.5 Å². The monoisotopic (exact) mass is 334 g/mol. The van der Waals surface area contributed by atoms with Gasteiger partial charge in [0.05, 0.1) is 6.10 Å². The lowest BCUT2D eigenvalue weighted by Crippen LogP contribution is -2.10. The molecule has 0 spiro atoms. The molecule has 4 nitrogen and oxygen atoms in total. The molecular formula is C17H34O4S. The molecule has 0 radical (unpaired) electrons. The van der Waals surface area contributed by atoms with Crippen LogP contribution in [0.5, 0.6) is 0 Å². The highest BCUT2D eigenvalue weighted by atomic mass is 32.2. The first-order valence-electron chi connectivity index (χ1n) is 8.60. The van der Waals surface area contributed by atoms with Gasteiger partial charge in [0.1, 0.15) is 6.61 Å². The van der Waals surface area contributed by atoms with Crippen LogP contribution >= 0.6 is 11.8 Å². The Balaban J connectivity index is 3.51. The molecule has 0 aromatic heterocycles. The molecule has 0 saturated heterocycles. The number of aliphatic carboxylic acids is 1. The van der Waals surface area contributed by atoms with Crippen molar-refractivity contribution in [3.63, 3.8) is 0 Å². The summed E-state index contributed by atoms with van der Waals surface area (Å²) in [7, 11) is 0. The van der Waals surface area contributed by atoms with Crippen molar-refractivity contribution in [2.24, 2.45) is 0 Å². The van der Waals surface area contributed by atoms with Crippen molar-refractivity contribution in [2.45, 2.75) is 82.5 Å². The Morgan fingerprint density at radius 2 is 1.68 bits per heavy atom. The second kappa shape index (κ2) is 15.6. The fraction of sp³-hybridized carbons (Fsp3) is 0.941. The number of aliphatic hydroxyl groups is 1. The van der Waals surface area contributed by atoms with Gasteiger partial charge in [-0.3, -0.25) is 0 Å². The van der Waals surface area contributed by atoms with E-state index < -0.39 is 5.97 Å².